The van der Waals surface area contributed by atoms with Crippen molar-refractivity contribution in [2.45, 2.75) is 0 Å². The molecule has 0 unspecified atom stereocenters. The van der Waals surface area contributed by atoms with Crippen LogP contribution in [-0.4, -0.2) is 26.4 Å². The minimum atomic E-state index is -0.505. The number of methoxy groups -OCH3 is 1. The van der Waals surface area contributed by atoms with Gasteiger partial charge in [0, 0.05) is 18.7 Å². The van der Waals surface area contributed by atoms with Crippen LogP contribution in [0.1, 0.15) is 0 Å². The summed E-state index contributed by atoms with van der Waals surface area (Å²) in [4.78, 5) is 11.2. The maximum atomic E-state index is 11.2. The van der Waals surface area contributed by atoms with E-state index in [1.807, 2.05) is 0 Å². The normalized spacial score (nSPS) is 9.73. The number of amides is 1. The van der Waals surface area contributed by atoms with E-state index in [2.05, 4.69) is 5.32 Å². The first-order valence-electron chi connectivity index (χ1n) is 4.42. The molecule has 0 spiro atoms. The minimum absolute atomic E-state index is 0.420. The molecule has 82 valence electrons. The molecule has 15 heavy (non-hydrogen) atoms. The molecule has 0 radical (unpaired) electrons. The highest BCUT2D eigenvalue weighted by atomic mass is 35.5. The number of carbonyl (C=O) groups excluding carboxylic acids is 1. The monoisotopic (exact) mass is 229 g/mol. The second-order valence-corrected chi connectivity index (χ2v) is 3.20. The zero-order chi connectivity index (χ0) is 11.1. The molecule has 0 fully saturated rings. The lowest BCUT2D eigenvalue weighted by Gasteiger charge is -2.05. The summed E-state index contributed by atoms with van der Waals surface area (Å²) >= 11 is 5.68. The molecular formula is C10H12ClNO3. The van der Waals surface area contributed by atoms with Crippen LogP contribution < -0.4 is 10.1 Å². The van der Waals surface area contributed by atoms with E-state index in [1.165, 1.54) is 0 Å². The fraction of sp³-hybridized carbons (Fsp3) is 0.300. The Morgan fingerprint density at radius 3 is 2.67 bits per heavy atom. The molecule has 1 rings (SSSR count). The molecule has 5 heteroatoms. The van der Waals surface area contributed by atoms with E-state index < -0.39 is 6.09 Å². The van der Waals surface area contributed by atoms with Crippen molar-refractivity contribution < 1.29 is 14.3 Å². The van der Waals surface area contributed by atoms with Crippen molar-refractivity contribution in [2.75, 3.05) is 20.3 Å². The third-order valence-electron chi connectivity index (χ3n) is 1.60. The molecule has 0 aliphatic heterocycles. The summed E-state index contributed by atoms with van der Waals surface area (Å²) in [5.74, 6) is 0.453. The molecule has 0 aromatic heterocycles. The molecule has 1 N–H and O–H groups in total. The van der Waals surface area contributed by atoms with Gasteiger partial charge in [-0.1, -0.05) is 11.6 Å². The summed E-state index contributed by atoms with van der Waals surface area (Å²) in [7, 11) is 1.56. The van der Waals surface area contributed by atoms with Crippen LogP contribution in [0.25, 0.3) is 0 Å². The molecular weight excluding hydrogens is 218 g/mol. The molecule has 1 aromatic carbocycles. The number of hydrogen-bond acceptors (Lipinski definition) is 3. The first kappa shape index (κ1) is 11.8. The van der Waals surface area contributed by atoms with Crippen LogP contribution in [-0.2, 0) is 4.74 Å². The Morgan fingerprint density at radius 2 is 2.07 bits per heavy atom. The SMILES string of the molecule is COCCNC(=O)Oc1ccc(Cl)cc1. The zero-order valence-electron chi connectivity index (χ0n) is 8.33. The Labute approximate surface area is 93.1 Å². The van der Waals surface area contributed by atoms with Crippen molar-refractivity contribution in [3.05, 3.63) is 29.3 Å². The van der Waals surface area contributed by atoms with Gasteiger partial charge >= 0.3 is 6.09 Å². The van der Waals surface area contributed by atoms with Gasteiger partial charge in [0.2, 0.25) is 0 Å². The third kappa shape index (κ3) is 4.67. The lowest BCUT2D eigenvalue weighted by atomic mass is 10.3. The molecule has 0 aliphatic carbocycles. The van der Waals surface area contributed by atoms with Gasteiger partial charge in [-0.3, -0.25) is 0 Å². The van der Waals surface area contributed by atoms with Gasteiger partial charge in [-0.2, -0.15) is 0 Å². The average molecular weight is 230 g/mol. The second kappa shape index (κ2) is 6.27. The Morgan fingerprint density at radius 1 is 1.40 bits per heavy atom. The smallest absolute Gasteiger partial charge is 0.410 e. The summed E-state index contributed by atoms with van der Waals surface area (Å²) in [6.45, 7) is 0.874. The molecule has 0 saturated heterocycles. The topological polar surface area (TPSA) is 47.6 Å². The molecule has 1 aromatic rings. The van der Waals surface area contributed by atoms with Crippen molar-refractivity contribution in [1.82, 2.24) is 5.32 Å². The fourth-order valence-corrected chi connectivity index (χ4v) is 1.03. The maximum Gasteiger partial charge on any atom is 0.412 e. The lowest BCUT2D eigenvalue weighted by molar-refractivity contribution is 0.180. The Hall–Kier alpha value is -1.26. The predicted molar refractivity (Wildman–Crippen MR) is 57.4 cm³/mol. The van der Waals surface area contributed by atoms with Crippen LogP contribution >= 0.6 is 11.6 Å². The quantitative estimate of drug-likeness (QED) is 0.805. The fourth-order valence-electron chi connectivity index (χ4n) is 0.901. The van der Waals surface area contributed by atoms with E-state index in [1.54, 1.807) is 31.4 Å². The van der Waals surface area contributed by atoms with Gasteiger partial charge in [-0.15, -0.1) is 0 Å². The van der Waals surface area contributed by atoms with Crippen LogP contribution in [0, 0.1) is 0 Å². The number of hydrogen-bond donors (Lipinski definition) is 1. The van der Waals surface area contributed by atoms with E-state index in [9.17, 15) is 4.79 Å². The van der Waals surface area contributed by atoms with E-state index >= 15 is 0 Å². The number of halogens is 1. The minimum Gasteiger partial charge on any atom is -0.410 e. The molecule has 0 heterocycles. The summed E-state index contributed by atoms with van der Waals surface area (Å²) in [5.41, 5.74) is 0. The van der Waals surface area contributed by atoms with Gasteiger partial charge < -0.3 is 14.8 Å². The highest BCUT2D eigenvalue weighted by Crippen LogP contribution is 2.15. The molecule has 1 amide bonds. The highest BCUT2D eigenvalue weighted by Gasteiger charge is 2.02. The summed E-state index contributed by atoms with van der Waals surface area (Å²) in [6, 6.07) is 6.55. The standard InChI is InChI=1S/C10H12ClNO3/c1-14-7-6-12-10(13)15-9-4-2-8(11)3-5-9/h2-5H,6-7H2,1H3,(H,12,13). The lowest BCUT2D eigenvalue weighted by Crippen LogP contribution is -2.29. The van der Waals surface area contributed by atoms with E-state index in [4.69, 9.17) is 21.1 Å². The summed E-state index contributed by atoms with van der Waals surface area (Å²) in [6.07, 6.45) is -0.505. The van der Waals surface area contributed by atoms with Crippen molar-refractivity contribution in [3.8, 4) is 5.75 Å². The van der Waals surface area contributed by atoms with Crippen molar-refractivity contribution in [1.29, 1.82) is 0 Å². The maximum absolute atomic E-state index is 11.2. The number of ether oxygens (including phenoxy) is 2. The van der Waals surface area contributed by atoms with E-state index in [0.717, 1.165) is 0 Å². The third-order valence-corrected chi connectivity index (χ3v) is 1.85. The van der Waals surface area contributed by atoms with Gasteiger partial charge in [0.05, 0.1) is 6.61 Å². The van der Waals surface area contributed by atoms with Crippen molar-refractivity contribution >= 4 is 17.7 Å². The first-order valence-corrected chi connectivity index (χ1v) is 4.80. The predicted octanol–water partition coefficient (Wildman–Crippen LogP) is 2.07. The number of rotatable bonds is 4. The molecule has 0 atom stereocenters. The second-order valence-electron chi connectivity index (χ2n) is 2.76. The average Bonchev–Trinajstić information content (AvgIpc) is 2.22. The Bertz CT molecular complexity index is 313. The van der Waals surface area contributed by atoms with Gasteiger partial charge in [0.25, 0.3) is 0 Å². The zero-order valence-corrected chi connectivity index (χ0v) is 9.08. The van der Waals surface area contributed by atoms with Gasteiger partial charge in [0.1, 0.15) is 5.75 Å². The van der Waals surface area contributed by atoms with Crippen LogP contribution in [0.3, 0.4) is 0 Å². The van der Waals surface area contributed by atoms with Crippen LogP contribution in [0.2, 0.25) is 5.02 Å². The highest BCUT2D eigenvalue weighted by molar-refractivity contribution is 6.30. The molecule has 4 nitrogen and oxygen atoms in total. The van der Waals surface area contributed by atoms with Crippen LogP contribution in [0.15, 0.2) is 24.3 Å². The van der Waals surface area contributed by atoms with Crippen LogP contribution in [0.4, 0.5) is 4.79 Å². The largest absolute Gasteiger partial charge is 0.412 e. The molecule has 0 bridgehead atoms. The van der Waals surface area contributed by atoms with E-state index in [-0.39, 0.29) is 0 Å². The van der Waals surface area contributed by atoms with Crippen molar-refractivity contribution in [2.24, 2.45) is 0 Å². The first-order chi connectivity index (χ1) is 7.22. The molecule has 0 aliphatic rings. The number of benzene rings is 1. The summed E-state index contributed by atoms with van der Waals surface area (Å²) in [5, 5.41) is 3.13. The number of nitrogens with one attached hydrogen (secondary N) is 1. The Balaban J connectivity index is 2.34. The van der Waals surface area contributed by atoms with Gasteiger partial charge in [-0.25, -0.2) is 4.79 Å². The number of carbonyl (C=O) groups is 1. The van der Waals surface area contributed by atoms with Gasteiger partial charge in [0.15, 0.2) is 0 Å². The van der Waals surface area contributed by atoms with Crippen molar-refractivity contribution in [3.63, 3.8) is 0 Å². The summed E-state index contributed by atoms with van der Waals surface area (Å²) < 4.78 is 9.72. The molecule has 0 saturated carbocycles. The Kier molecular flexibility index (Phi) is 4.93. The van der Waals surface area contributed by atoms with Crippen LogP contribution in [0.5, 0.6) is 5.75 Å². The van der Waals surface area contributed by atoms with Gasteiger partial charge in [-0.05, 0) is 24.3 Å². The van der Waals surface area contributed by atoms with E-state index in [0.29, 0.717) is 23.9 Å².